The van der Waals surface area contributed by atoms with E-state index in [1.165, 1.54) is 0 Å². The van der Waals surface area contributed by atoms with Gasteiger partial charge < -0.3 is 14.8 Å². The number of nitriles is 1. The lowest BCUT2D eigenvalue weighted by molar-refractivity contribution is -0.117. The number of hydrogen-bond donors (Lipinski definition) is 1. The molecular weight excluding hydrogens is 528 g/mol. The molecule has 4 aromatic rings. The minimum absolute atomic E-state index is 0.00430. The van der Waals surface area contributed by atoms with E-state index in [0.29, 0.717) is 34.7 Å². The van der Waals surface area contributed by atoms with Gasteiger partial charge in [-0.1, -0.05) is 88.7 Å². The summed E-state index contributed by atoms with van der Waals surface area (Å²) < 4.78 is 12.7. The summed E-state index contributed by atoms with van der Waals surface area (Å²) in [6, 6.07) is 29.3. The van der Waals surface area contributed by atoms with Crippen LogP contribution in [0.4, 0.5) is 0 Å². The van der Waals surface area contributed by atoms with Crippen molar-refractivity contribution in [3.63, 3.8) is 0 Å². The van der Waals surface area contributed by atoms with Gasteiger partial charge in [0.05, 0.1) is 12.6 Å². The molecule has 0 bridgehead atoms. The van der Waals surface area contributed by atoms with Crippen molar-refractivity contribution in [2.45, 2.75) is 26.5 Å². The molecule has 1 atom stereocenters. The number of ether oxygens (including phenoxy) is 2. The molecule has 186 valence electrons. The van der Waals surface area contributed by atoms with Crippen LogP contribution in [0.5, 0.6) is 11.5 Å². The highest BCUT2D eigenvalue weighted by Gasteiger charge is 2.16. The van der Waals surface area contributed by atoms with Crippen LogP contribution in [0, 0.1) is 11.3 Å². The fourth-order valence-electron chi connectivity index (χ4n) is 4.02. The molecule has 0 radical (unpaired) electrons. The molecular formula is C31H27BrN2O3. The largest absolute Gasteiger partial charge is 0.490 e. The Balaban J connectivity index is 1.57. The zero-order valence-electron chi connectivity index (χ0n) is 20.7. The second kappa shape index (κ2) is 12.2. The Bertz CT molecular complexity index is 1470. The van der Waals surface area contributed by atoms with Crippen molar-refractivity contribution in [1.82, 2.24) is 5.32 Å². The van der Waals surface area contributed by atoms with Crippen molar-refractivity contribution in [1.29, 1.82) is 5.26 Å². The molecule has 0 saturated heterocycles. The van der Waals surface area contributed by atoms with Crippen LogP contribution in [0.3, 0.4) is 0 Å². The van der Waals surface area contributed by atoms with Crippen molar-refractivity contribution in [2.75, 3.05) is 6.61 Å². The first-order chi connectivity index (χ1) is 18.0. The highest BCUT2D eigenvalue weighted by molar-refractivity contribution is 9.10. The monoisotopic (exact) mass is 554 g/mol. The number of nitrogens with one attached hydrogen (secondary N) is 1. The molecule has 4 aromatic carbocycles. The lowest BCUT2D eigenvalue weighted by atomic mass is 10.1. The summed E-state index contributed by atoms with van der Waals surface area (Å²) in [5.41, 5.74) is 2.66. The standard InChI is InChI=1S/C31H27BrN2O3/c1-3-36-29-17-25(16-26(19-33)31(35)34-21(2)22-10-5-4-6-11-22)28(32)18-30(29)37-20-24-14-9-13-23-12-7-8-15-27(23)24/h4-18,21H,3,20H2,1-2H3,(H,34,35)/b26-16-/t21-/m0/s1. The zero-order chi connectivity index (χ0) is 26.2. The Morgan fingerprint density at radius 2 is 1.70 bits per heavy atom. The third-order valence-electron chi connectivity index (χ3n) is 5.94. The number of rotatable bonds is 9. The smallest absolute Gasteiger partial charge is 0.262 e. The van der Waals surface area contributed by atoms with Gasteiger partial charge in [0.15, 0.2) is 11.5 Å². The highest BCUT2D eigenvalue weighted by Crippen LogP contribution is 2.36. The van der Waals surface area contributed by atoms with E-state index in [0.717, 1.165) is 21.9 Å². The average Bonchev–Trinajstić information content (AvgIpc) is 2.92. The normalized spacial score (nSPS) is 12.0. The summed E-state index contributed by atoms with van der Waals surface area (Å²) in [6.45, 7) is 4.58. The van der Waals surface area contributed by atoms with Gasteiger partial charge in [-0.2, -0.15) is 5.26 Å². The van der Waals surface area contributed by atoms with Crippen LogP contribution in [0.25, 0.3) is 16.8 Å². The highest BCUT2D eigenvalue weighted by atomic mass is 79.9. The van der Waals surface area contributed by atoms with Gasteiger partial charge in [0.1, 0.15) is 18.2 Å². The second-order valence-corrected chi connectivity index (χ2v) is 9.31. The third kappa shape index (κ3) is 6.38. The van der Waals surface area contributed by atoms with E-state index < -0.39 is 5.91 Å². The molecule has 0 aromatic heterocycles. The molecule has 0 fully saturated rings. The lowest BCUT2D eigenvalue weighted by Crippen LogP contribution is -2.27. The first-order valence-electron chi connectivity index (χ1n) is 12.0. The molecule has 0 unspecified atom stereocenters. The first kappa shape index (κ1) is 26.0. The molecule has 1 amide bonds. The summed E-state index contributed by atoms with van der Waals surface area (Å²) in [5.74, 6) is 0.659. The Morgan fingerprint density at radius 3 is 2.46 bits per heavy atom. The van der Waals surface area contributed by atoms with E-state index >= 15 is 0 Å². The Hall–Kier alpha value is -4.08. The average molecular weight is 555 g/mol. The Morgan fingerprint density at radius 1 is 1.00 bits per heavy atom. The molecule has 0 heterocycles. The quantitative estimate of drug-likeness (QED) is 0.173. The Labute approximate surface area is 225 Å². The predicted octanol–water partition coefficient (Wildman–Crippen LogP) is 7.36. The number of halogens is 1. The van der Waals surface area contributed by atoms with Crippen LogP contribution >= 0.6 is 15.9 Å². The van der Waals surface area contributed by atoms with Crippen LogP contribution < -0.4 is 14.8 Å². The first-order valence-corrected chi connectivity index (χ1v) is 12.8. The van der Waals surface area contributed by atoms with Crippen LogP contribution in [0.15, 0.2) is 95.0 Å². The lowest BCUT2D eigenvalue weighted by Gasteiger charge is -2.16. The van der Waals surface area contributed by atoms with Crippen molar-refractivity contribution >= 4 is 38.7 Å². The summed E-state index contributed by atoms with van der Waals surface area (Å²) >= 11 is 3.57. The van der Waals surface area contributed by atoms with Crippen LogP contribution in [0.1, 0.15) is 36.6 Å². The second-order valence-electron chi connectivity index (χ2n) is 8.46. The van der Waals surface area contributed by atoms with Gasteiger partial charge in [0.25, 0.3) is 5.91 Å². The fraction of sp³-hybridized carbons (Fsp3) is 0.161. The van der Waals surface area contributed by atoms with Gasteiger partial charge >= 0.3 is 0 Å². The number of amides is 1. The number of carbonyl (C=O) groups excluding carboxylic acids is 1. The Kier molecular flexibility index (Phi) is 8.60. The number of carbonyl (C=O) groups is 1. The molecule has 0 saturated carbocycles. The molecule has 37 heavy (non-hydrogen) atoms. The number of benzene rings is 4. The summed E-state index contributed by atoms with van der Waals surface area (Å²) in [5, 5.41) is 14.9. The van der Waals surface area contributed by atoms with E-state index in [-0.39, 0.29) is 11.6 Å². The number of nitrogens with zero attached hydrogens (tertiary/aromatic N) is 1. The number of fused-ring (bicyclic) bond motifs is 1. The molecule has 6 heteroatoms. The van der Waals surface area contributed by atoms with Crippen LogP contribution in [-0.4, -0.2) is 12.5 Å². The predicted molar refractivity (Wildman–Crippen MR) is 150 cm³/mol. The van der Waals surface area contributed by atoms with Crippen molar-refractivity contribution in [3.05, 3.63) is 112 Å². The molecule has 5 nitrogen and oxygen atoms in total. The third-order valence-corrected chi connectivity index (χ3v) is 6.62. The van der Waals surface area contributed by atoms with E-state index in [2.05, 4.69) is 39.4 Å². The topological polar surface area (TPSA) is 71.3 Å². The van der Waals surface area contributed by atoms with Gasteiger partial charge in [-0.3, -0.25) is 4.79 Å². The summed E-state index contributed by atoms with van der Waals surface area (Å²) in [7, 11) is 0. The van der Waals surface area contributed by atoms with Crippen LogP contribution in [0.2, 0.25) is 0 Å². The zero-order valence-corrected chi connectivity index (χ0v) is 22.3. The SMILES string of the molecule is CCOc1cc(/C=C(/C#N)C(=O)N[C@@H](C)c2ccccc2)c(Br)cc1OCc1cccc2ccccc12. The maximum atomic E-state index is 12.8. The van der Waals surface area contributed by atoms with Crippen molar-refractivity contribution in [3.8, 4) is 17.6 Å². The van der Waals surface area contributed by atoms with Crippen molar-refractivity contribution < 1.29 is 14.3 Å². The van der Waals surface area contributed by atoms with Crippen molar-refractivity contribution in [2.24, 2.45) is 0 Å². The minimum atomic E-state index is -0.444. The minimum Gasteiger partial charge on any atom is -0.490 e. The maximum Gasteiger partial charge on any atom is 0.262 e. The number of hydrogen-bond acceptors (Lipinski definition) is 4. The van der Waals surface area contributed by atoms with E-state index in [9.17, 15) is 10.1 Å². The molecule has 0 aliphatic rings. The van der Waals surface area contributed by atoms with E-state index in [1.807, 2.05) is 74.5 Å². The van der Waals surface area contributed by atoms with Gasteiger partial charge in [-0.15, -0.1) is 0 Å². The molecule has 4 rings (SSSR count). The van der Waals surface area contributed by atoms with E-state index in [1.54, 1.807) is 18.2 Å². The fourth-order valence-corrected chi connectivity index (χ4v) is 4.46. The van der Waals surface area contributed by atoms with E-state index in [4.69, 9.17) is 9.47 Å². The maximum absolute atomic E-state index is 12.8. The summed E-state index contributed by atoms with van der Waals surface area (Å²) in [6.07, 6.45) is 1.55. The van der Waals surface area contributed by atoms with Gasteiger partial charge in [0, 0.05) is 4.47 Å². The van der Waals surface area contributed by atoms with Gasteiger partial charge in [-0.05, 0) is 59.5 Å². The molecule has 0 spiro atoms. The summed E-state index contributed by atoms with van der Waals surface area (Å²) in [4.78, 5) is 12.8. The molecule has 0 aliphatic heterocycles. The molecule has 0 aliphatic carbocycles. The van der Waals surface area contributed by atoms with Crippen LogP contribution in [-0.2, 0) is 11.4 Å². The molecule has 1 N–H and O–H groups in total. The van der Waals surface area contributed by atoms with Gasteiger partial charge in [-0.25, -0.2) is 0 Å². The van der Waals surface area contributed by atoms with Gasteiger partial charge in [0.2, 0.25) is 0 Å².